The fourth-order valence-corrected chi connectivity index (χ4v) is 4.20. The summed E-state index contributed by atoms with van der Waals surface area (Å²) in [5, 5.41) is 0. The number of hydrogen-bond donors (Lipinski definition) is 0. The summed E-state index contributed by atoms with van der Waals surface area (Å²) in [5.41, 5.74) is 0.629. The van der Waals surface area contributed by atoms with Crippen molar-refractivity contribution in [1.29, 1.82) is 0 Å². The first kappa shape index (κ1) is 18.5. The average Bonchev–Trinajstić information content (AvgIpc) is 2.56. The lowest BCUT2D eigenvalue weighted by atomic mass is 10.2. The molecule has 140 valence electrons. The van der Waals surface area contributed by atoms with Crippen molar-refractivity contribution in [3.63, 3.8) is 0 Å². The van der Waals surface area contributed by atoms with Gasteiger partial charge in [-0.2, -0.15) is 4.31 Å². The SMILES string of the molecule is CCOc1ccc(S(=O)(=O)N2CC(Oc3cc(C)n(C)c(=O)c3)C2)cc1. The highest BCUT2D eigenvalue weighted by Gasteiger charge is 2.38. The number of nitrogens with zero attached hydrogens (tertiary/aromatic N) is 2. The fourth-order valence-electron chi connectivity index (χ4n) is 2.69. The molecule has 0 N–H and O–H groups in total. The van der Waals surface area contributed by atoms with Crippen LogP contribution in [0.15, 0.2) is 46.1 Å². The van der Waals surface area contributed by atoms with E-state index in [4.69, 9.17) is 9.47 Å². The van der Waals surface area contributed by atoms with Gasteiger partial charge in [0.05, 0.1) is 24.6 Å². The second-order valence-electron chi connectivity index (χ2n) is 6.20. The maximum absolute atomic E-state index is 12.6. The Balaban J connectivity index is 1.64. The Morgan fingerprint density at radius 1 is 1.12 bits per heavy atom. The molecule has 3 rings (SSSR count). The van der Waals surface area contributed by atoms with Crippen LogP contribution < -0.4 is 15.0 Å². The number of sulfonamides is 1. The largest absolute Gasteiger partial charge is 0.494 e. The molecule has 1 aromatic carbocycles. The third-order valence-corrected chi connectivity index (χ3v) is 6.21. The molecule has 0 aliphatic carbocycles. The quantitative estimate of drug-likeness (QED) is 0.762. The summed E-state index contributed by atoms with van der Waals surface area (Å²) in [4.78, 5) is 12.0. The minimum absolute atomic E-state index is 0.154. The van der Waals surface area contributed by atoms with Crippen LogP contribution in [0, 0.1) is 6.92 Å². The number of hydrogen-bond acceptors (Lipinski definition) is 5. The van der Waals surface area contributed by atoms with Crippen molar-refractivity contribution in [2.75, 3.05) is 19.7 Å². The van der Waals surface area contributed by atoms with E-state index in [1.165, 1.54) is 14.9 Å². The van der Waals surface area contributed by atoms with Crippen LogP contribution in [-0.2, 0) is 17.1 Å². The third-order valence-electron chi connectivity index (χ3n) is 4.37. The van der Waals surface area contributed by atoms with Gasteiger partial charge in [-0.3, -0.25) is 4.79 Å². The zero-order chi connectivity index (χ0) is 18.9. The molecule has 1 aliphatic rings. The summed E-state index contributed by atoms with van der Waals surface area (Å²) in [7, 11) is -1.86. The molecule has 0 saturated carbocycles. The predicted molar refractivity (Wildman–Crippen MR) is 97.2 cm³/mol. The van der Waals surface area contributed by atoms with Crippen molar-refractivity contribution in [3.05, 3.63) is 52.4 Å². The first-order valence-corrected chi connectivity index (χ1v) is 9.82. The van der Waals surface area contributed by atoms with Crippen LogP contribution in [0.2, 0.25) is 0 Å². The van der Waals surface area contributed by atoms with E-state index >= 15 is 0 Å². The van der Waals surface area contributed by atoms with E-state index in [9.17, 15) is 13.2 Å². The lowest BCUT2D eigenvalue weighted by Gasteiger charge is -2.37. The molecule has 0 unspecified atom stereocenters. The van der Waals surface area contributed by atoms with Crippen molar-refractivity contribution >= 4 is 10.0 Å². The lowest BCUT2D eigenvalue weighted by Crippen LogP contribution is -2.56. The van der Waals surface area contributed by atoms with Crippen molar-refractivity contribution in [1.82, 2.24) is 8.87 Å². The van der Waals surface area contributed by atoms with E-state index in [1.54, 1.807) is 37.4 Å². The van der Waals surface area contributed by atoms with Crippen LogP contribution >= 0.6 is 0 Å². The second-order valence-corrected chi connectivity index (χ2v) is 8.13. The van der Waals surface area contributed by atoms with Gasteiger partial charge in [0.1, 0.15) is 17.6 Å². The van der Waals surface area contributed by atoms with Crippen LogP contribution in [0.5, 0.6) is 11.5 Å². The van der Waals surface area contributed by atoms with Gasteiger partial charge in [-0.05, 0) is 44.2 Å². The average molecular weight is 378 g/mol. The Kier molecular flexibility index (Phi) is 5.06. The minimum atomic E-state index is -3.55. The van der Waals surface area contributed by atoms with Gasteiger partial charge in [-0.25, -0.2) is 8.42 Å². The van der Waals surface area contributed by atoms with Crippen molar-refractivity contribution in [2.45, 2.75) is 24.8 Å². The van der Waals surface area contributed by atoms with E-state index in [-0.39, 0.29) is 29.6 Å². The fraction of sp³-hybridized carbons (Fsp3) is 0.389. The monoisotopic (exact) mass is 378 g/mol. The Labute approximate surface area is 152 Å². The first-order valence-electron chi connectivity index (χ1n) is 8.38. The van der Waals surface area contributed by atoms with Gasteiger partial charge in [0.15, 0.2) is 0 Å². The molecule has 0 radical (unpaired) electrons. The summed E-state index contributed by atoms with van der Waals surface area (Å²) >= 11 is 0. The highest BCUT2D eigenvalue weighted by atomic mass is 32.2. The van der Waals surface area contributed by atoms with Gasteiger partial charge < -0.3 is 14.0 Å². The summed E-state index contributed by atoms with van der Waals surface area (Å²) in [5.74, 6) is 1.10. The zero-order valence-corrected chi connectivity index (χ0v) is 15.8. The Morgan fingerprint density at radius 2 is 1.77 bits per heavy atom. The molecule has 0 amide bonds. The van der Waals surface area contributed by atoms with Crippen molar-refractivity contribution < 1.29 is 17.9 Å². The maximum atomic E-state index is 12.6. The van der Waals surface area contributed by atoms with E-state index in [0.29, 0.717) is 18.1 Å². The summed E-state index contributed by atoms with van der Waals surface area (Å²) < 4.78 is 39.2. The van der Waals surface area contributed by atoms with Gasteiger partial charge in [-0.15, -0.1) is 0 Å². The van der Waals surface area contributed by atoms with Gasteiger partial charge >= 0.3 is 0 Å². The molecule has 1 aromatic heterocycles. The molecule has 0 atom stereocenters. The predicted octanol–water partition coefficient (Wildman–Crippen LogP) is 1.54. The number of ether oxygens (including phenoxy) is 2. The first-order chi connectivity index (χ1) is 12.3. The van der Waals surface area contributed by atoms with Gasteiger partial charge in [-0.1, -0.05) is 0 Å². The molecular weight excluding hydrogens is 356 g/mol. The highest BCUT2D eigenvalue weighted by Crippen LogP contribution is 2.26. The highest BCUT2D eigenvalue weighted by molar-refractivity contribution is 7.89. The molecule has 26 heavy (non-hydrogen) atoms. The molecule has 1 saturated heterocycles. The number of aryl methyl sites for hydroxylation is 1. The summed E-state index contributed by atoms with van der Waals surface area (Å²) in [6.07, 6.45) is -0.265. The Morgan fingerprint density at radius 3 is 2.35 bits per heavy atom. The van der Waals surface area contributed by atoms with Gasteiger partial charge in [0.25, 0.3) is 5.56 Å². The summed E-state index contributed by atoms with van der Waals surface area (Å²) in [6, 6.07) is 9.55. The minimum Gasteiger partial charge on any atom is -0.494 e. The van der Waals surface area contributed by atoms with Crippen LogP contribution in [0.4, 0.5) is 0 Å². The van der Waals surface area contributed by atoms with Crippen LogP contribution in [0.3, 0.4) is 0 Å². The number of aromatic nitrogens is 1. The number of rotatable bonds is 6. The van der Waals surface area contributed by atoms with E-state index in [1.807, 2.05) is 13.8 Å². The Bertz CT molecular complexity index is 945. The van der Waals surface area contributed by atoms with Crippen LogP contribution in [0.25, 0.3) is 0 Å². The summed E-state index contributed by atoms with van der Waals surface area (Å²) in [6.45, 7) is 4.72. The molecule has 7 nitrogen and oxygen atoms in total. The second kappa shape index (κ2) is 7.13. The smallest absolute Gasteiger partial charge is 0.254 e. The van der Waals surface area contributed by atoms with Crippen molar-refractivity contribution in [2.24, 2.45) is 7.05 Å². The van der Waals surface area contributed by atoms with Crippen LogP contribution in [0.1, 0.15) is 12.6 Å². The molecule has 0 spiro atoms. The van der Waals surface area contributed by atoms with E-state index < -0.39 is 10.0 Å². The zero-order valence-electron chi connectivity index (χ0n) is 15.0. The van der Waals surface area contributed by atoms with E-state index in [2.05, 4.69) is 0 Å². The number of pyridine rings is 1. The maximum Gasteiger partial charge on any atom is 0.254 e. The molecule has 2 aromatic rings. The molecule has 1 fully saturated rings. The molecule has 2 heterocycles. The van der Waals surface area contributed by atoms with Gasteiger partial charge in [0, 0.05) is 18.8 Å². The Hall–Kier alpha value is -2.32. The van der Waals surface area contributed by atoms with Crippen LogP contribution in [-0.4, -0.2) is 43.1 Å². The van der Waals surface area contributed by atoms with E-state index in [0.717, 1.165) is 5.69 Å². The third kappa shape index (κ3) is 3.61. The molecule has 8 heteroatoms. The standard InChI is InChI=1S/C18H22N2O5S/c1-4-24-14-5-7-17(8-6-14)26(22,23)20-11-16(12-20)25-15-9-13(2)19(3)18(21)10-15/h5-10,16H,4,11-12H2,1-3H3. The van der Waals surface area contributed by atoms with Gasteiger partial charge in [0.2, 0.25) is 10.0 Å². The molecule has 0 bridgehead atoms. The lowest BCUT2D eigenvalue weighted by molar-refractivity contribution is 0.0759. The topological polar surface area (TPSA) is 77.8 Å². The van der Waals surface area contributed by atoms with Crippen molar-refractivity contribution in [3.8, 4) is 11.5 Å². The number of benzene rings is 1. The molecule has 1 aliphatic heterocycles. The molecular formula is C18H22N2O5S. The normalized spacial score (nSPS) is 15.5.